The monoisotopic (exact) mass is 1090 g/mol. The highest BCUT2D eigenvalue weighted by Crippen LogP contribution is 2.62. The van der Waals surface area contributed by atoms with Crippen molar-refractivity contribution in [3.05, 3.63) is 370 Å². The van der Waals surface area contributed by atoms with Crippen molar-refractivity contribution in [3.8, 4) is 44.5 Å². The number of hydrogen-bond donors (Lipinski definition) is 0. The number of fused-ring (bicyclic) bond motifs is 9. The van der Waals surface area contributed by atoms with Crippen molar-refractivity contribution in [3.63, 3.8) is 0 Å². The van der Waals surface area contributed by atoms with Crippen LogP contribution >= 0.6 is 0 Å². The molecule has 0 atom stereocenters. The van der Waals surface area contributed by atoms with Crippen molar-refractivity contribution in [1.29, 1.82) is 0 Å². The van der Waals surface area contributed by atoms with E-state index in [1.807, 2.05) is 0 Å². The average molecular weight is 1090 g/mol. The Labute approximate surface area is 516 Å². The number of rotatable bonds is 10. The zero-order valence-corrected chi connectivity index (χ0v) is 47.7. The van der Waals surface area contributed by atoms with E-state index in [0.717, 1.165) is 56.0 Å². The van der Waals surface area contributed by atoms with Crippen LogP contribution in [-0.2, 0) is 16.2 Å². The molecule has 0 saturated carbocycles. The lowest BCUT2D eigenvalue weighted by atomic mass is 9.59. The molecule has 13 aromatic carbocycles. The van der Waals surface area contributed by atoms with E-state index in [1.165, 1.54) is 66.8 Å². The molecular formula is C81H50B5N. The van der Waals surface area contributed by atoms with E-state index in [4.69, 9.17) is 39.2 Å². The zero-order chi connectivity index (χ0) is 58.6. The van der Waals surface area contributed by atoms with E-state index in [2.05, 4.69) is 308 Å². The van der Waals surface area contributed by atoms with Gasteiger partial charge in [0.1, 0.15) is 39.2 Å². The predicted molar refractivity (Wildman–Crippen MR) is 365 cm³/mol. The van der Waals surface area contributed by atoms with E-state index in [9.17, 15) is 0 Å². The predicted octanol–water partition coefficient (Wildman–Crippen LogP) is 13.9. The summed E-state index contributed by atoms with van der Waals surface area (Å²) < 4.78 is 0. The summed E-state index contributed by atoms with van der Waals surface area (Å²) in [5.74, 6) is 0. The van der Waals surface area contributed by atoms with E-state index in [-0.39, 0.29) is 16.4 Å². The first-order valence-electron chi connectivity index (χ1n) is 29.7. The Balaban J connectivity index is 1.00. The molecule has 10 radical (unpaired) electrons. The van der Waals surface area contributed by atoms with Crippen LogP contribution in [-0.4, -0.2) is 39.2 Å². The van der Waals surface area contributed by atoms with Crippen molar-refractivity contribution in [1.82, 2.24) is 0 Å². The molecule has 0 saturated heterocycles. The summed E-state index contributed by atoms with van der Waals surface area (Å²) in [5.41, 5.74) is 24.6. The van der Waals surface area contributed by atoms with Gasteiger partial charge in [0, 0.05) is 17.1 Å². The molecule has 0 heterocycles. The molecule has 394 valence electrons. The normalized spacial score (nSPS) is 14.0. The Hall–Kier alpha value is -10.0. The lowest BCUT2D eigenvalue weighted by Crippen LogP contribution is -2.55. The van der Waals surface area contributed by atoms with Gasteiger partial charge < -0.3 is 4.90 Å². The first-order valence-corrected chi connectivity index (χ1v) is 29.7. The van der Waals surface area contributed by atoms with Gasteiger partial charge >= 0.3 is 0 Å². The second-order valence-corrected chi connectivity index (χ2v) is 23.3. The third-order valence-corrected chi connectivity index (χ3v) is 19.2. The highest BCUT2D eigenvalue weighted by atomic mass is 15.1. The Morgan fingerprint density at radius 3 is 0.770 bits per heavy atom. The molecular weight excluding hydrogens is 1040 g/mol. The highest BCUT2D eigenvalue weighted by Gasteiger charge is 2.50. The van der Waals surface area contributed by atoms with E-state index >= 15 is 0 Å². The van der Waals surface area contributed by atoms with Gasteiger partial charge in [-0.15, -0.1) is 16.4 Å². The van der Waals surface area contributed by atoms with Crippen LogP contribution in [0.25, 0.3) is 44.5 Å². The van der Waals surface area contributed by atoms with Crippen molar-refractivity contribution in [2.75, 3.05) is 4.90 Å². The smallest absolute Gasteiger partial charge is 0.113 e. The lowest BCUT2D eigenvalue weighted by Gasteiger charge is -2.37. The Morgan fingerprint density at radius 1 is 0.207 bits per heavy atom. The van der Waals surface area contributed by atoms with Crippen molar-refractivity contribution >= 4 is 83.6 Å². The summed E-state index contributed by atoms with van der Waals surface area (Å²) in [6.45, 7) is 0. The molecule has 6 heteroatoms. The molecule has 0 spiro atoms. The van der Waals surface area contributed by atoms with Gasteiger partial charge in [-0.1, -0.05) is 272 Å². The number of benzene rings is 13. The Bertz CT molecular complexity index is 4530. The van der Waals surface area contributed by atoms with Crippen LogP contribution in [0.1, 0.15) is 66.8 Å². The number of nitrogens with zero attached hydrogens (tertiary/aromatic N) is 1. The van der Waals surface area contributed by atoms with Crippen molar-refractivity contribution in [2.45, 2.75) is 16.2 Å². The second kappa shape index (κ2) is 20.3. The topological polar surface area (TPSA) is 3.24 Å². The van der Waals surface area contributed by atoms with Crippen LogP contribution in [0.5, 0.6) is 0 Å². The maximum absolute atomic E-state index is 6.91. The molecule has 0 fully saturated rings. The number of hydrogen-bond acceptors (Lipinski definition) is 1. The standard InChI is InChI=1S/C81H50B5N/c82-74-73(75(83)77(85)78(86)76(74)84)51-39-43-63-66-46-42-60(50-72(66)81(69(63)47-51,56-31-15-5-16-32-56)57-33-17-6-18-34-57)87(58-40-44-64-61-35-19-21-37-67(61)79(70(64)48-58,52-23-7-1-8-24-52)53-25-9-2-10-26-53)59-41-45-65-62-36-20-22-38-68(62)80(71(65)49-59,54-27-11-3-12-28-54)55-29-13-4-14-30-55/h1-50H. The van der Waals surface area contributed by atoms with Crippen molar-refractivity contribution < 1.29 is 0 Å². The molecule has 0 amide bonds. The zero-order valence-electron chi connectivity index (χ0n) is 47.7. The van der Waals surface area contributed by atoms with Crippen LogP contribution in [0, 0.1) is 0 Å². The molecule has 0 unspecified atom stereocenters. The van der Waals surface area contributed by atoms with Gasteiger partial charge in [-0.3, -0.25) is 0 Å². The van der Waals surface area contributed by atoms with E-state index in [1.54, 1.807) is 0 Å². The van der Waals surface area contributed by atoms with Crippen LogP contribution in [0.15, 0.2) is 303 Å². The quantitative estimate of drug-likeness (QED) is 0.123. The summed E-state index contributed by atoms with van der Waals surface area (Å²) >= 11 is 0. The highest BCUT2D eigenvalue weighted by molar-refractivity contribution is 6.68. The van der Waals surface area contributed by atoms with Gasteiger partial charge in [-0.05, 0) is 154 Å². The SMILES string of the molecule is [B]c1c([B])c([B])c(-c2ccc3c(c2)C(c2ccccc2)(c2ccccc2)c2cc(N(c4ccc5c(c4)C(c4ccccc4)(c4ccccc4)c4ccccc4-5)c4ccc5c(c4)C(c4ccccc4)(c4ccccc4)c4ccccc4-5)ccc2-3)c([B])c1[B]. The molecule has 1 nitrogen and oxygen atoms in total. The molecule has 16 rings (SSSR count). The number of anilines is 3. The summed E-state index contributed by atoms with van der Waals surface area (Å²) in [5, 5.41) is 0. The summed E-state index contributed by atoms with van der Waals surface area (Å²) in [7, 11) is 33.4. The molecule has 0 aromatic heterocycles. The van der Waals surface area contributed by atoms with E-state index < -0.39 is 16.2 Å². The summed E-state index contributed by atoms with van der Waals surface area (Å²) in [6, 6.07) is 112. The van der Waals surface area contributed by atoms with E-state index in [0.29, 0.717) is 16.5 Å². The molecule has 3 aliphatic rings. The maximum atomic E-state index is 6.91. The second-order valence-electron chi connectivity index (χ2n) is 23.3. The fourth-order valence-corrected chi connectivity index (χ4v) is 15.5. The molecule has 3 aliphatic carbocycles. The Morgan fingerprint density at radius 2 is 0.448 bits per heavy atom. The minimum Gasteiger partial charge on any atom is -0.310 e. The minimum absolute atomic E-state index is 0.180. The molecule has 0 aliphatic heterocycles. The third kappa shape index (κ3) is 7.47. The van der Waals surface area contributed by atoms with Crippen molar-refractivity contribution in [2.24, 2.45) is 0 Å². The fourth-order valence-electron chi connectivity index (χ4n) is 15.5. The van der Waals surface area contributed by atoms with Crippen LogP contribution in [0.2, 0.25) is 0 Å². The third-order valence-electron chi connectivity index (χ3n) is 19.2. The molecule has 87 heavy (non-hydrogen) atoms. The van der Waals surface area contributed by atoms with Gasteiger partial charge in [0.15, 0.2) is 0 Å². The van der Waals surface area contributed by atoms with Gasteiger partial charge in [0.05, 0.1) is 16.2 Å². The first-order chi connectivity index (χ1) is 42.7. The molecule has 0 bridgehead atoms. The van der Waals surface area contributed by atoms with Crippen LogP contribution < -0.4 is 32.2 Å². The lowest BCUT2D eigenvalue weighted by molar-refractivity contribution is 0.766. The van der Waals surface area contributed by atoms with Gasteiger partial charge in [-0.2, -0.15) is 0 Å². The maximum Gasteiger partial charge on any atom is 0.113 e. The molecule has 13 aromatic rings. The summed E-state index contributed by atoms with van der Waals surface area (Å²) in [4.78, 5) is 2.50. The van der Waals surface area contributed by atoms with Crippen LogP contribution in [0.4, 0.5) is 17.1 Å². The van der Waals surface area contributed by atoms with Gasteiger partial charge in [-0.25, -0.2) is 0 Å². The first kappa shape index (κ1) is 52.5. The average Bonchev–Trinajstić information content (AvgIpc) is 1.68. The van der Waals surface area contributed by atoms with Gasteiger partial charge in [0.25, 0.3) is 0 Å². The molecule has 0 N–H and O–H groups in total. The minimum atomic E-state index is -0.857. The fraction of sp³-hybridized carbons (Fsp3) is 0.0370. The summed E-state index contributed by atoms with van der Waals surface area (Å²) in [6.07, 6.45) is 0. The largest absolute Gasteiger partial charge is 0.310 e. The Kier molecular flexibility index (Phi) is 12.3. The van der Waals surface area contributed by atoms with Crippen LogP contribution in [0.3, 0.4) is 0 Å². The van der Waals surface area contributed by atoms with Gasteiger partial charge in [0.2, 0.25) is 0 Å².